The minimum atomic E-state index is -1.81. The van der Waals surface area contributed by atoms with Gasteiger partial charge in [-0.15, -0.1) is 0 Å². The number of carboxylic acids is 4. The van der Waals surface area contributed by atoms with Gasteiger partial charge in [0.2, 0.25) is 0 Å². The van der Waals surface area contributed by atoms with Gasteiger partial charge in [-0.05, 0) is 35.4 Å². The molecule has 10 heteroatoms. The number of pyridine rings is 2. The van der Waals surface area contributed by atoms with Crippen LogP contribution < -0.4 is 0 Å². The van der Waals surface area contributed by atoms with E-state index in [1.54, 1.807) is 0 Å². The molecule has 0 unspecified atom stereocenters. The fourth-order valence-corrected chi connectivity index (χ4v) is 2.31. The van der Waals surface area contributed by atoms with Gasteiger partial charge in [0.05, 0.1) is 11.4 Å². The summed E-state index contributed by atoms with van der Waals surface area (Å²) in [6, 6.07) is 4.82. The zero-order valence-electron chi connectivity index (χ0n) is 12.9. The molecule has 0 aliphatic rings. The minimum absolute atomic E-state index is 0.0600. The Morgan fingerprint density at radius 1 is 0.654 bits per heavy atom. The average molecular weight is 360 g/mol. The van der Waals surface area contributed by atoms with Crippen LogP contribution >= 0.6 is 0 Å². The van der Waals surface area contributed by atoms with Gasteiger partial charge in [0, 0.05) is 12.4 Å². The van der Waals surface area contributed by atoms with Crippen molar-refractivity contribution < 1.29 is 39.6 Å². The van der Waals surface area contributed by atoms with Crippen molar-refractivity contribution in [3.8, 4) is 11.4 Å². The molecule has 26 heavy (non-hydrogen) atoms. The zero-order chi connectivity index (χ0) is 19.4. The van der Waals surface area contributed by atoms with E-state index in [-0.39, 0.29) is 22.5 Å². The first-order valence-electron chi connectivity index (χ1n) is 7.06. The normalized spacial score (nSPS) is 10.7. The summed E-state index contributed by atoms with van der Waals surface area (Å²) in [6.45, 7) is 0. The smallest absolute Gasteiger partial charge is 0.322 e. The van der Waals surface area contributed by atoms with Crippen molar-refractivity contribution in [3.05, 3.63) is 47.8 Å². The van der Waals surface area contributed by atoms with Crippen LogP contribution in [-0.4, -0.2) is 54.3 Å². The molecule has 0 saturated heterocycles. The van der Waals surface area contributed by atoms with E-state index in [9.17, 15) is 19.2 Å². The van der Waals surface area contributed by atoms with E-state index in [2.05, 4.69) is 9.97 Å². The topological polar surface area (TPSA) is 175 Å². The Balaban J connectivity index is 2.50. The lowest BCUT2D eigenvalue weighted by Crippen LogP contribution is -2.21. The van der Waals surface area contributed by atoms with Crippen LogP contribution in [0.15, 0.2) is 36.7 Å². The standard InChI is InChI=1S/C16H12N2O8/c19-13(20)11(14(21)22)7-1-3-17-9(5-7)10-6-8(2-4-18-10)12(15(23)24)16(25)26/h1-6,11-12H,(H,19,20)(H,21,22)(H,23,24)(H,25,26). The van der Waals surface area contributed by atoms with Crippen LogP contribution in [0.5, 0.6) is 0 Å². The van der Waals surface area contributed by atoms with Gasteiger partial charge in [0.1, 0.15) is 0 Å². The van der Waals surface area contributed by atoms with Crippen LogP contribution in [0.1, 0.15) is 23.0 Å². The van der Waals surface area contributed by atoms with E-state index >= 15 is 0 Å². The average Bonchev–Trinajstić information content (AvgIpc) is 2.54. The molecule has 0 aromatic carbocycles. The molecule has 10 nitrogen and oxygen atoms in total. The molecule has 0 radical (unpaired) electrons. The van der Waals surface area contributed by atoms with E-state index < -0.39 is 35.7 Å². The Morgan fingerprint density at radius 3 is 1.23 bits per heavy atom. The fourth-order valence-electron chi connectivity index (χ4n) is 2.31. The summed E-state index contributed by atoms with van der Waals surface area (Å²) in [5, 5.41) is 36.2. The van der Waals surface area contributed by atoms with Crippen molar-refractivity contribution in [2.75, 3.05) is 0 Å². The molecule has 0 spiro atoms. The van der Waals surface area contributed by atoms with Crippen molar-refractivity contribution in [1.29, 1.82) is 0 Å². The third kappa shape index (κ3) is 3.80. The monoisotopic (exact) mass is 360 g/mol. The van der Waals surface area contributed by atoms with Crippen LogP contribution in [0.3, 0.4) is 0 Å². The van der Waals surface area contributed by atoms with E-state index in [4.69, 9.17) is 20.4 Å². The quantitative estimate of drug-likeness (QED) is 0.513. The predicted molar refractivity (Wildman–Crippen MR) is 83.5 cm³/mol. The maximum absolute atomic E-state index is 11.1. The zero-order valence-corrected chi connectivity index (χ0v) is 12.9. The molecule has 0 saturated carbocycles. The van der Waals surface area contributed by atoms with Gasteiger partial charge in [-0.2, -0.15) is 0 Å². The highest BCUT2D eigenvalue weighted by molar-refractivity contribution is 6.00. The molecule has 0 aliphatic carbocycles. The van der Waals surface area contributed by atoms with Crippen molar-refractivity contribution in [1.82, 2.24) is 9.97 Å². The molecule has 2 heterocycles. The molecular weight excluding hydrogens is 348 g/mol. The van der Waals surface area contributed by atoms with E-state index in [0.717, 1.165) is 0 Å². The number of aliphatic carboxylic acids is 4. The number of nitrogens with zero attached hydrogens (tertiary/aromatic N) is 2. The Labute approximate surface area is 145 Å². The summed E-state index contributed by atoms with van der Waals surface area (Å²) < 4.78 is 0. The maximum atomic E-state index is 11.1. The number of aromatic nitrogens is 2. The lowest BCUT2D eigenvalue weighted by Gasteiger charge is -2.11. The lowest BCUT2D eigenvalue weighted by atomic mass is 9.97. The number of rotatable bonds is 7. The molecule has 0 bridgehead atoms. The first-order chi connectivity index (χ1) is 12.2. The van der Waals surface area contributed by atoms with Crippen LogP contribution in [-0.2, 0) is 19.2 Å². The summed E-state index contributed by atoms with van der Waals surface area (Å²) >= 11 is 0. The van der Waals surface area contributed by atoms with Crippen LogP contribution in [0.2, 0.25) is 0 Å². The highest BCUT2D eigenvalue weighted by Gasteiger charge is 2.30. The molecule has 0 fully saturated rings. The maximum Gasteiger partial charge on any atom is 0.322 e. The summed E-state index contributed by atoms with van der Waals surface area (Å²) in [6.07, 6.45) is 2.37. The molecule has 2 aromatic rings. The van der Waals surface area contributed by atoms with Gasteiger partial charge < -0.3 is 20.4 Å². The Bertz CT molecular complexity index is 794. The SMILES string of the molecule is O=C(O)C(C(=O)O)c1ccnc(-c2cc(C(C(=O)O)C(=O)O)ccn2)c1. The Morgan fingerprint density at radius 2 is 0.962 bits per heavy atom. The van der Waals surface area contributed by atoms with Crippen molar-refractivity contribution in [2.45, 2.75) is 11.8 Å². The minimum Gasteiger partial charge on any atom is -0.480 e. The summed E-state index contributed by atoms with van der Waals surface area (Å²) in [7, 11) is 0. The number of hydrogen-bond donors (Lipinski definition) is 4. The van der Waals surface area contributed by atoms with Crippen LogP contribution in [0.25, 0.3) is 11.4 Å². The molecule has 0 aliphatic heterocycles. The van der Waals surface area contributed by atoms with E-state index in [1.807, 2.05) is 0 Å². The molecule has 0 atom stereocenters. The van der Waals surface area contributed by atoms with E-state index in [0.29, 0.717) is 0 Å². The van der Waals surface area contributed by atoms with Gasteiger partial charge >= 0.3 is 23.9 Å². The molecule has 2 aromatic heterocycles. The largest absolute Gasteiger partial charge is 0.480 e. The highest BCUT2D eigenvalue weighted by atomic mass is 16.4. The number of carbonyl (C=O) groups is 4. The third-order valence-corrected chi connectivity index (χ3v) is 3.48. The number of hydrogen-bond acceptors (Lipinski definition) is 6. The van der Waals surface area contributed by atoms with Gasteiger partial charge in [-0.1, -0.05) is 0 Å². The van der Waals surface area contributed by atoms with Gasteiger partial charge in [0.15, 0.2) is 11.8 Å². The van der Waals surface area contributed by atoms with Gasteiger partial charge in [-0.3, -0.25) is 29.1 Å². The summed E-state index contributed by atoms with van der Waals surface area (Å²) in [5.41, 5.74) is 0.0307. The van der Waals surface area contributed by atoms with E-state index in [1.165, 1.54) is 36.7 Å². The van der Waals surface area contributed by atoms with Gasteiger partial charge in [-0.25, -0.2) is 0 Å². The molecule has 2 rings (SSSR count). The fraction of sp³-hybridized carbons (Fsp3) is 0.125. The highest BCUT2D eigenvalue weighted by Crippen LogP contribution is 2.25. The molecular formula is C16H12N2O8. The molecule has 4 N–H and O–H groups in total. The third-order valence-electron chi connectivity index (χ3n) is 3.48. The first kappa shape index (κ1) is 18.5. The summed E-state index contributed by atoms with van der Waals surface area (Å²) in [4.78, 5) is 52.5. The Kier molecular flexibility index (Phi) is 5.26. The second-order valence-electron chi connectivity index (χ2n) is 5.17. The second kappa shape index (κ2) is 7.38. The number of carboxylic acid groups (broad SMARTS) is 4. The molecule has 134 valence electrons. The van der Waals surface area contributed by atoms with Crippen LogP contribution in [0, 0.1) is 0 Å². The van der Waals surface area contributed by atoms with Crippen molar-refractivity contribution in [2.24, 2.45) is 0 Å². The Hall–Kier alpha value is -3.82. The molecule has 0 amide bonds. The predicted octanol–water partition coefficient (Wildman–Crippen LogP) is 0.649. The first-order valence-corrected chi connectivity index (χ1v) is 7.06. The second-order valence-corrected chi connectivity index (χ2v) is 5.17. The van der Waals surface area contributed by atoms with Crippen molar-refractivity contribution >= 4 is 23.9 Å². The van der Waals surface area contributed by atoms with Crippen LogP contribution in [0.4, 0.5) is 0 Å². The van der Waals surface area contributed by atoms with Gasteiger partial charge in [0.25, 0.3) is 0 Å². The lowest BCUT2D eigenvalue weighted by molar-refractivity contribution is -0.152. The van der Waals surface area contributed by atoms with Crippen molar-refractivity contribution in [3.63, 3.8) is 0 Å². The summed E-state index contributed by atoms with van der Waals surface area (Å²) in [5.74, 6) is -9.88.